The molecule has 1 heterocycles. The zero-order valence-electron chi connectivity index (χ0n) is 11.5. The monoisotopic (exact) mass is 269 g/mol. The second-order valence-electron chi connectivity index (χ2n) is 5.41. The number of aromatic nitrogens is 2. The fourth-order valence-electron chi connectivity index (χ4n) is 2.85. The van der Waals surface area contributed by atoms with E-state index in [1.165, 1.54) is 25.7 Å². The number of nitrogens with zero attached hydrogens (tertiary/aromatic N) is 2. The predicted octanol–water partition coefficient (Wildman–Crippen LogP) is 3.01. The molecule has 4 heteroatoms. The summed E-state index contributed by atoms with van der Waals surface area (Å²) in [7, 11) is 0. The number of rotatable bonds is 4. The number of carbonyl (C=O) groups excluding carboxylic acids is 1. The summed E-state index contributed by atoms with van der Waals surface area (Å²) in [6.07, 6.45) is 7.25. The molecule has 1 saturated carbocycles. The lowest BCUT2D eigenvalue weighted by atomic mass is 10.1. The molecule has 3 rings (SSSR count). The highest BCUT2D eigenvalue weighted by Crippen LogP contribution is 2.28. The summed E-state index contributed by atoms with van der Waals surface area (Å²) in [6, 6.07) is 9.65. The van der Waals surface area contributed by atoms with Crippen molar-refractivity contribution in [1.82, 2.24) is 9.78 Å². The van der Waals surface area contributed by atoms with E-state index in [1.54, 1.807) is 12.1 Å². The summed E-state index contributed by atoms with van der Waals surface area (Å²) in [6.45, 7) is 0. The van der Waals surface area contributed by atoms with Gasteiger partial charge < -0.3 is 5.73 Å². The maximum absolute atomic E-state index is 12.2. The van der Waals surface area contributed by atoms with Gasteiger partial charge in [0.25, 0.3) is 0 Å². The first-order valence-corrected chi connectivity index (χ1v) is 7.16. The lowest BCUT2D eigenvalue weighted by Crippen LogP contribution is -2.09. The highest BCUT2D eigenvalue weighted by Gasteiger charge is 2.18. The minimum Gasteiger partial charge on any atom is -0.398 e. The van der Waals surface area contributed by atoms with Gasteiger partial charge in [-0.3, -0.25) is 9.48 Å². The third kappa shape index (κ3) is 2.59. The second-order valence-corrected chi connectivity index (χ2v) is 5.41. The maximum Gasteiger partial charge on any atom is 0.170 e. The van der Waals surface area contributed by atoms with Crippen LogP contribution in [0.3, 0.4) is 0 Å². The summed E-state index contributed by atoms with van der Waals surface area (Å²) in [5.41, 5.74) is 7.78. The van der Waals surface area contributed by atoms with Crippen LogP contribution in [0.5, 0.6) is 0 Å². The normalized spacial score (nSPS) is 15.6. The Morgan fingerprint density at radius 3 is 2.75 bits per heavy atom. The summed E-state index contributed by atoms with van der Waals surface area (Å²) in [4.78, 5) is 12.2. The van der Waals surface area contributed by atoms with Crippen molar-refractivity contribution in [3.05, 3.63) is 47.8 Å². The molecule has 0 amide bonds. The van der Waals surface area contributed by atoms with Gasteiger partial charge in [-0.05, 0) is 31.0 Å². The van der Waals surface area contributed by atoms with Gasteiger partial charge in [-0.2, -0.15) is 5.10 Å². The molecular weight excluding hydrogens is 250 g/mol. The Hall–Kier alpha value is -2.10. The Balaban J connectivity index is 1.72. The van der Waals surface area contributed by atoms with Crippen LogP contribution in [0.2, 0.25) is 0 Å². The number of hydrogen-bond acceptors (Lipinski definition) is 3. The zero-order valence-corrected chi connectivity index (χ0v) is 11.5. The molecule has 1 aromatic heterocycles. The van der Waals surface area contributed by atoms with Crippen molar-refractivity contribution < 1.29 is 4.79 Å². The smallest absolute Gasteiger partial charge is 0.170 e. The van der Waals surface area contributed by atoms with Gasteiger partial charge in [-0.1, -0.05) is 25.0 Å². The molecule has 0 spiro atoms. The molecule has 1 aliphatic rings. The number of benzene rings is 1. The SMILES string of the molecule is Nc1ccccc1C(=O)Cc1ccn(C2CCCC2)n1. The van der Waals surface area contributed by atoms with E-state index >= 15 is 0 Å². The van der Waals surface area contributed by atoms with E-state index in [9.17, 15) is 4.79 Å². The van der Waals surface area contributed by atoms with Gasteiger partial charge in [0.15, 0.2) is 5.78 Å². The predicted molar refractivity (Wildman–Crippen MR) is 78.6 cm³/mol. The van der Waals surface area contributed by atoms with E-state index in [0.29, 0.717) is 23.7 Å². The van der Waals surface area contributed by atoms with Crippen molar-refractivity contribution in [2.45, 2.75) is 38.1 Å². The van der Waals surface area contributed by atoms with Gasteiger partial charge in [-0.15, -0.1) is 0 Å². The van der Waals surface area contributed by atoms with E-state index in [4.69, 9.17) is 5.73 Å². The lowest BCUT2D eigenvalue weighted by molar-refractivity contribution is 0.0992. The number of Topliss-reactive ketones (excluding diaryl/α,β-unsaturated/α-hetero) is 1. The molecule has 1 fully saturated rings. The molecule has 0 bridgehead atoms. The first kappa shape index (κ1) is 12.9. The Morgan fingerprint density at radius 1 is 1.25 bits per heavy atom. The van der Waals surface area contributed by atoms with Crippen LogP contribution >= 0.6 is 0 Å². The Morgan fingerprint density at radius 2 is 2.00 bits per heavy atom. The zero-order chi connectivity index (χ0) is 13.9. The van der Waals surface area contributed by atoms with Crippen LogP contribution in [0, 0.1) is 0 Å². The molecule has 2 aromatic rings. The van der Waals surface area contributed by atoms with E-state index < -0.39 is 0 Å². The van der Waals surface area contributed by atoms with Crippen molar-refractivity contribution in [1.29, 1.82) is 0 Å². The summed E-state index contributed by atoms with van der Waals surface area (Å²) in [5, 5.41) is 4.54. The van der Waals surface area contributed by atoms with Crippen LogP contribution in [0.1, 0.15) is 47.8 Å². The molecule has 1 aromatic carbocycles. The van der Waals surface area contributed by atoms with Crippen molar-refractivity contribution in [2.75, 3.05) is 5.73 Å². The van der Waals surface area contributed by atoms with Crippen LogP contribution < -0.4 is 5.73 Å². The summed E-state index contributed by atoms with van der Waals surface area (Å²) < 4.78 is 2.02. The van der Waals surface area contributed by atoms with Gasteiger partial charge in [0.05, 0.1) is 18.2 Å². The average Bonchev–Trinajstić information content (AvgIpc) is 3.09. The van der Waals surface area contributed by atoms with Crippen LogP contribution in [-0.4, -0.2) is 15.6 Å². The molecule has 2 N–H and O–H groups in total. The van der Waals surface area contributed by atoms with Crippen molar-refractivity contribution in [3.8, 4) is 0 Å². The van der Waals surface area contributed by atoms with E-state index in [1.807, 2.05) is 29.1 Å². The minimum absolute atomic E-state index is 0.0276. The molecule has 0 aliphatic heterocycles. The number of nitrogen functional groups attached to an aromatic ring is 1. The van der Waals surface area contributed by atoms with Gasteiger partial charge in [0.2, 0.25) is 0 Å². The molecule has 0 unspecified atom stereocenters. The molecule has 0 radical (unpaired) electrons. The van der Waals surface area contributed by atoms with Crippen molar-refractivity contribution in [2.24, 2.45) is 0 Å². The maximum atomic E-state index is 12.2. The summed E-state index contributed by atoms with van der Waals surface area (Å²) >= 11 is 0. The van der Waals surface area contributed by atoms with Gasteiger partial charge in [0, 0.05) is 17.4 Å². The van der Waals surface area contributed by atoms with Crippen LogP contribution in [0.25, 0.3) is 0 Å². The fourth-order valence-corrected chi connectivity index (χ4v) is 2.85. The highest BCUT2D eigenvalue weighted by molar-refractivity contribution is 6.01. The second kappa shape index (κ2) is 5.49. The molecule has 20 heavy (non-hydrogen) atoms. The lowest BCUT2D eigenvalue weighted by Gasteiger charge is -2.08. The first-order valence-electron chi connectivity index (χ1n) is 7.16. The molecule has 104 valence electrons. The van der Waals surface area contributed by atoms with Crippen LogP contribution in [0.15, 0.2) is 36.5 Å². The minimum atomic E-state index is 0.0276. The molecule has 0 atom stereocenters. The molecule has 4 nitrogen and oxygen atoms in total. The largest absolute Gasteiger partial charge is 0.398 e. The number of nitrogens with two attached hydrogens (primary N) is 1. The third-order valence-corrected chi connectivity index (χ3v) is 3.97. The van der Waals surface area contributed by atoms with E-state index in [-0.39, 0.29) is 5.78 Å². The Kier molecular flexibility index (Phi) is 3.54. The van der Waals surface area contributed by atoms with E-state index in [2.05, 4.69) is 5.10 Å². The molecule has 1 aliphatic carbocycles. The number of carbonyl (C=O) groups is 1. The first-order chi connectivity index (χ1) is 9.74. The van der Waals surface area contributed by atoms with Crippen LogP contribution in [-0.2, 0) is 6.42 Å². The van der Waals surface area contributed by atoms with Crippen LogP contribution in [0.4, 0.5) is 5.69 Å². The number of ketones is 1. The van der Waals surface area contributed by atoms with Crippen molar-refractivity contribution >= 4 is 11.5 Å². The van der Waals surface area contributed by atoms with Gasteiger partial charge in [-0.25, -0.2) is 0 Å². The average molecular weight is 269 g/mol. The summed E-state index contributed by atoms with van der Waals surface area (Å²) in [5.74, 6) is 0.0276. The van der Waals surface area contributed by atoms with Crippen molar-refractivity contribution in [3.63, 3.8) is 0 Å². The van der Waals surface area contributed by atoms with Gasteiger partial charge >= 0.3 is 0 Å². The number of hydrogen-bond donors (Lipinski definition) is 1. The molecule has 0 saturated heterocycles. The Labute approximate surface area is 118 Å². The Bertz CT molecular complexity index is 612. The standard InChI is InChI=1S/C16H19N3O/c17-15-8-4-3-7-14(15)16(20)11-12-9-10-19(18-12)13-5-1-2-6-13/h3-4,7-10,13H,1-2,5-6,11,17H2. The third-order valence-electron chi connectivity index (χ3n) is 3.97. The van der Waals surface area contributed by atoms with E-state index in [0.717, 1.165) is 5.69 Å². The number of para-hydroxylation sites is 1. The topological polar surface area (TPSA) is 60.9 Å². The quantitative estimate of drug-likeness (QED) is 0.685. The number of anilines is 1. The van der Waals surface area contributed by atoms with Gasteiger partial charge in [0.1, 0.15) is 0 Å². The fraction of sp³-hybridized carbons (Fsp3) is 0.375. The molecular formula is C16H19N3O. The highest BCUT2D eigenvalue weighted by atomic mass is 16.1.